The molecule has 2 rings (SSSR count). The number of hydrogen-bond donors (Lipinski definition) is 2. The van der Waals surface area contributed by atoms with Crippen molar-refractivity contribution >= 4 is 0 Å². The number of rotatable bonds is 5. The van der Waals surface area contributed by atoms with E-state index in [0.717, 1.165) is 31.9 Å². The highest BCUT2D eigenvalue weighted by atomic mass is 16.5. The van der Waals surface area contributed by atoms with E-state index >= 15 is 0 Å². The molecule has 0 aromatic heterocycles. The summed E-state index contributed by atoms with van der Waals surface area (Å²) in [6, 6.07) is 5.43. The molecule has 4 nitrogen and oxygen atoms in total. The zero-order chi connectivity index (χ0) is 12.8. The van der Waals surface area contributed by atoms with Crippen molar-refractivity contribution in [2.45, 2.75) is 19.4 Å². The predicted molar refractivity (Wildman–Crippen MR) is 69.9 cm³/mol. The Morgan fingerprint density at radius 2 is 2.39 bits per heavy atom. The van der Waals surface area contributed by atoms with Gasteiger partial charge in [0.2, 0.25) is 0 Å². The van der Waals surface area contributed by atoms with Crippen molar-refractivity contribution in [3.05, 3.63) is 23.8 Å². The van der Waals surface area contributed by atoms with Gasteiger partial charge in [-0.15, -0.1) is 0 Å². The molecule has 0 spiro atoms. The van der Waals surface area contributed by atoms with Crippen LogP contribution in [0.15, 0.2) is 18.2 Å². The van der Waals surface area contributed by atoms with Crippen LogP contribution in [0.3, 0.4) is 0 Å². The second kappa shape index (κ2) is 6.61. The zero-order valence-corrected chi connectivity index (χ0v) is 10.8. The SMILES string of the molecule is COc1cc(CNCC2CCCOC2)ccc1O. The first kappa shape index (κ1) is 13.2. The van der Waals surface area contributed by atoms with Gasteiger partial charge in [-0.1, -0.05) is 6.07 Å². The number of ether oxygens (including phenoxy) is 2. The Morgan fingerprint density at radius 1 is 1.50 bits per heavy atom. The van der Waals surface area contributed by atoms with Crippen LogP contribution in [0.5, 0.6) is 11.5 Å². The molecular formula is C14H21NO3. The van der Waals surface area contributed by atoms with Crippen LogP contribution >= 0.6 is 0 Å². The lowest BCUT2D eigenvalue weighted by molar-refractivity contribution is 0.0547. The first-order chi connectivity index (χ1) is 8.79. The summed E-state index contributed by atoms with van der Waals surface area (Å²) < 4.78 is 10.5. The normalized spacial score (nSPS) is 19.7. The number of methoxy groups -OCH3 is 1. The summed E-state index contributed by atoms with van der Waals surface area (Å²) in [4.78, 5) is 0. The molecule has 2 N–H and O–H groups in total. The second-order valence-electron chi connectivity index (χ2n) is 4.72. The van der Waals surface area contributed by atoms with Crippen LogP contribution in [0.2, 0.25) is 0 Å². The molecule has 0 bridgehead atoms. The van der Waals surface area contributed by atoms with Crippen molar-refractivity contribution in [2.75, 3.05) is 26.9 Å². The Kier molecular flexibility index (Phi) is 4.84. The Morgan fingerprint density at radius 3 is 3.11 bits per heavy atom. The van der Waals surface area contributed by atoms with E-state index in [1.807, 2.05) is 12.1 Å². The second-order valence-corrected chi connectivity index (χ2v) is 4.72. The van der Waals surface area contributed by atoms with E-state index in [4.69, 9.17) is 9.47 Å². The lowest BCUT2D eigenvalue weighted by atomic mass is 10.0. The number of phenols is 1. The van der Waals surface area contributed by atoms with E-state index in [9.17, 15) is 5.11 Å². The molecular weight excluding hydrogens is 230 g/mol. The third-order valence-corrected chi connectivity index (χ3v) is 3.26. The molecule has 1 aromatic carbocycles. The molecule has 1 aliphatic heterocycles. The standard InChI is InChI=1S/C14H21NO3/c1-17-14-7-11(4-5-13(14)16)8-15-9-12-3-2-6-18-10-12/h4-5,7,12,15-16H,2-3,6,8-10H2,1H3. The molecule has 0 amide bonds. The molecule has 18 heavy (non-hydrogen) atoms. The van der Waals surface area contributed by atoms with Gasteiger partial charge in [-0.25, -0.2) is 0 Å². The van der Waals surface area contributed by atoms with E-state index < -0.39 is 0 Å². The maximum Gasteiger partial charge on any atom is 0.160 e. The molecule has 0 saturated carbocycles. The lowest BCUT2D eigenvalue weighted by Gasteiger charge is -2.22. The van der Waals surface area contributed by atoms with Crippen LogP contribution in [0.25, 0.3) is 0 Å². The molecule has 1 saturated heterocycles. The molecule has 1 aromatic rings. The highest BCUT2D eigenvalue weighted by Crippen LogP contribution is 2.26. The minimum Gasteiger partial charge on any atom is -0.504 e. The third-order valence-electron chi connectivity index (χ3n) is 3.26. The first-order valence-electron chi connectivity index (χ1n) is 6.44. The summed E-state index contributed by atoms with van der Waals surface area (Å²) in [5, 5.41) is 12.9. The van der Waals surface area contributed by atoms with Gasteiger partial charge in [0.05, 0.1) is 13.7 Å². The van der Waals surface area contributed by atoms with Crippen molar-refractivity contribution in [3.8, 4) is 11.5 Å². The molecule has 1 fully saturated rings. The van der Waals surface area contributed by atoms with Crippen LogP contribution in [-0.4, -0.2) is 32.0 Å². The fourth-order valence-electron chi connectivity index (χ4n) is 2.22. The van der Waals surface area contributed by atoms with Crippen LogP contribution < -0.4 is 10.1 Å². The first-order valence-corrected chi connectivity index (χ1v) is 6.44. The minimum absolute atomic E-state index is 0.182. The fourth-order valence-corrected chi connectivity index (χ4v) is 2.22. The Hall–Kier alpha value is -1.26. The van der Waals surface area contributed by atoms with Crippen LogP contribution in [0.4, 0.5) is 0 Å². The van der Waals surface area contributed by atoms with Gasteiger partial charge in [-0.2, -0.15) is 0 Å². The average molecular weight is 251 g/mol. The summed E-state index contributed by atoms with van der Waals surface area (Å²) in [5.41, 5.74) is 1.11. The van der Waals surface area contributed by atoms with Crippen molar-refractivity contribution < 1.29 is 14.6 Å². The molecule has 4 heteroatoms. The van der Waals surface area contributed by atoms with Crippen molar-refractivity contribution in [1.29, 1.82) is 0 Å². The van der Waals surface area contributed by atoms with E-state index in [1.54, 1.807) is 13.2 Å². The maximum atomic E-state index is 9.50. The largest absolute Gasteiger partial charge is 0.504 e. The maximum absolute atomic E-state index is 9.50. The fraction of sp³-hybridized carbons (Fsp3) is 0.571. The summed E-state index contributed by atoms with van der Waals surface area (Å²) in [5.74, 6) is 1.33. The van der Waals surface area contributed by atoms with Crippen molar-refractivity contribution in [2.24, 2.45) is 5.92 Å². The van der Waals surface area contributed by atoms with Crippen LogP contribution in [0.1, 0.15) is 18.4 Å². The van der Waals surface area contributed by atoms with Crippen LogP contribution in [-0.2, 0) is 11.3 Å². The number of hydrogen-bond acceptors (Lipinski definition) is 4. The smallest absolute Gasteiger partial charge is 0.160 e. The van der Waals surface area contributed by atoms with Crippen LogP contribution in [0, 0.1) is 5.92 Å². The van der Waals surface area contributed by atoms with E-state index in [-0.39, 0.29) is 5.75 Å². The van der Waals surface area contributed by atoms with E-state index in [2.05, 4.69) is 5.32 Å². The highest BCUT2D eigenvalue weighted by Gasteiger charge is 2.13. The summed E-state index contributed by atoms with van der Waals surface area (Å²) in [6.07, 6.45) is 2.41. The highest BCUT2D eigenvalue weighted by molar-refractivity contribution is 5.41. The van der Waals surface area contributed by atoms with Gasteiger partial charge in [0.25, 0.3) is 0 Å². The van der Waals surface area contributed by atoms with Gasteiger partial charge in [-0.3, -0.25) is 0 Å². The third kappa shape index (κ3) is 3.62. The quantitative estimate of drug-likeness (QED) is 0.839. The van der Waals surface area contributed by atoms with Gasteiger partial charge < -0.3 is 19.9 Å². The summed E-state index contributed by atoms with van der Waals surface area (Å²) >= 11 is 0. The molecule has 1 aliphatic rings. The summed E-state index contributed by atoms with van der Waals surface area (Å²) in [6.45, 7) is 3.54. The van der Waals surface area contributed by atoms with Gasteiger partial charge in [0.1, 0.15) is 0 Å². The molecule has 1 atom stereocenters. The number of nitrogens with one attached hydrogen (secondary N) is 1. The van der Waals surface area contributed by atoms with E-state index in [0.29, 0.717) is 11.7 Å². The number of benzene rings is 1. The monoisotopic (exact) mass is 251 g/mol. The minimum atomic E-state index is 0.182. The molecule has 1 unspecified atom stereocenters. The van der Waals surface area contributed by atoms with E-state index in [1.165, 1.54) is 12.8 Å². The number of aromatic hydroxyl groups is 1. The Bertz CT molecular complexity index is 375. The van der Waals surface area contributed by atoms with Gasteiger partial charge in [0.15, 0.2) is 11.5 Å². The average Bonchev–Trinajstić information content (AvgIpc) is 2.42. The molecule has 0 aliphatic carbocycles. The Labute approximate surface area is 108 Å². The van der Waals surface area contributed by atoms with Gasteiger partial charge >= 0.3 is 0 Å². The number of phenolic OH excluding ortho intramolecular Hbond substituents is 1. The van der Waals surface area contributed by atoms with Gasteiger partial charge in [0, 0.05) is 19.7 Å². The van der Waals surface area contributed by atoms with Crippen molar-refractivity contribution in [1.82, 2.24) is 5.32 Å². The predicted octanol–water partition coefficient (Wildman–Crippen LogP) is 1.92. The zero-order valence-electron chi connectivity index (χ0n) is 10.8. The Balaban J connectivity index is 1.79. The lowest BCUT2D eigenvalue weighted by Crippen LogP contribution is -2.28. The topological polar surface area (TPSA) is 50.7 Å². The van der Waals surface area contributed by atoms with Gasteiger partial charge in [-0.05, 0) is 36.5 Å². The molecule has 100 valence electrons. The van der Waals surface area contributed by atoms with Crippen molar-refractivity contribution in [3.63, 3.8) is 0 Å². The molecule has 0 radical (unpaired) electrons. The summed E-state index contributed by atoms with van der Waals surface area (Å²) in [7, 11) is 1.56. The molecule has 1 heterocycles.